The van der Waals surface area contributed by atoms with E-state index in [0.29, 0.717) is 5.78 Å². The summed E-state index contributed by atoms with van der Waals surface area (Å²) in [5.41, 5.74) is 1.26. The number of Topliss-reactive ketones (excluding diaryl/α,β-unsaturated/α-hetero) is 1. The van der Waals surface area contributed by atoms with Crippen molar-refractivity contribution in [1.82, 2.24) is 0 Å². The molecule has 0 saturated carbocycles. The van der Waals surface area contributed by atoms with E-state index in [0.717, 1.165) is 23.8 Å². The first kappa shape index (κ1) is 20.0. The lowest BCUT2D eigenvalue weighted by molar-refractivity contribution is -0.116. The number of hydrogen-bond acceptors (Lipinski definition) is 3. The molecule has 1 rings (SSSR count). The summed E-state index contributed by atoms with van der Waals surface area (Å²) in [5.74, 6) is 3.10. The van der Waals surface area contributed by atoms with E-state index in [1.807, 2.05) is 36.0 Å². The molecular weight excluding hydrogens is 280 g/mol. The number of ketones is 1. The fourth-order valence-corrected chi connectivity index (χ4v) is 2.86. The van der Waals surface area contributed by atoms with Crippen molar-refractivity contribution in [3.05, 3.63) is 29.8 Å². The Morgan fingerprint density at radius 1 is 1.19 bits per heavy atom. The molecule has 0 fully saturated rings. The number of carbonyl (C=O) groups excluding carboxylic acids is 1. The Bertz CT molecular complexity index is 387. The van der Waals surface area contributed by atoms with Gasteiger partial charge in [-0.15, -0.1) is 0 Å². The minimum Gasteiger partial charge on any atom is -0.497 e. The van der Waals surface area contributed by atoms with E-state index in [1.54, 1.807) is 14.0 Å². The van der Waals surface area contributed by atoms with Crippen molar-refractivity contribution in [1.29, 1.82) is 0 Å². The molecule has 0 heterocycles. The minimum atomic E-state index is 0.235. The second-order valence-corrected chi connectivity index (χ2v) is 6.61. The first-order chi connectivity index (χ1) is 9.94. The summed E-state index contributed by atoms with van der Waals surface area (Å²) in [5, 5.41) is 0.235. The molecule has 0 aliphatic rings. The molecule has 2 atom stereocenters. The predicted octanol–water partition coefficient (Wildman–Crippen LogP) is 5.14. The van der Waals surface area contributed by atoms with Crippen molar-refractivity contribution in [3.63, 3.8) is 0 Å². The summed E-state index contributed by atoms with van der Waals surface area (Å²) in [6.07, 6.45) is 2.18. The monoisotopic (exact) mass is 310 g/mol. The van der Waals surface area contributed by atoms with Crippen LogP contribution in [0, 0.1) is 12.8 Å². The van der Waals surface area contributed by atoms with Crippen LogP contribution in [0.25, 0.3) is 0 Å². The Balaban J connectivity index is 0.000000394. The topological polar surface area (TPSA) is 26.3 Å². The van der Waals surface area contributed by atoms with Gasteiger partial charge in [0.05, 0.1) is 12.4 Å². The van der Waals surface area contributed by atoms with Crippen LogP contribution >= 0.6 is 11.8 Å². The number of aryl methyl sites for hydroxylation is 1. The quantitative estimate of drug-likeness (QED) is 0.698. The Hall–Kier alpha value is -0.960. The number of methoxy groups -OCH3 is 1. The van der Waals surface area contributed by atoms with Crippen LogP contribution in [0.5, 0.6) is 5.75 Å². The van der Waals surface area contributed by atoms with E-state index in [1.165, 1.54) is 12.0 Å². The minimum absolute atomic E-state index is 0.235. The van der Waals surface area contributed by atoms with Crippen LogP contribution in [-0.4, -0.2) is 23.9 Å². The van der Waals surface area contributed by atoms with Crippen LogP contribution < -0.4 is 4.74 Å². The molecule has 0 amide bonds. The Kier molecular flexibility index (Phi) is 11.1. The highest BCUT2D eigenvalue weighted by atomic mass is 32.2. The number of thioether (sulfide) groups is 1. The lowest BCUT2D eigenvalue weighted by Gasteiger charge is -2.13. The molecule has 0 aliphatic carbocycles. The van der Waals surface area contributed by atoms with Crippen molar-refractivity contribution in [3.8, 4) is 5.75 Å². The van der Waals surface area contributed by atoms with Crippen LogP contribution in [0.1, 0.15) is 46.1 Å². The molecule has 1 aromatic rings. The fraction of sp³-hybridized carbons (Fsp3) is 0.611. The Morgan fingerprint density at radius 2 is 1.76 bits per heavy atom. The fourth-order valence-electron chi connectivity index (χ4n) is 1.60. The highest BCUT2D eigenvalue weighted by molar-refractivity contribution is 8.00. The summed E-state index contributed by atoms with van der Waals surface area (Å²) < 4.78 is 4.97. The maximum absolute atomic E-state index is 11.1. The van der Waals surface area contributed by atoms with Gasteiger partial charge in [0.1, 0.15) is 11.5 Å². The molecule has 21 heavy (non-hydrogen) atoms. The van der Waals surface area contributed by atoms with Gasteiger partial charge >= 0.3 is 0 Å². The van der Waals surface area contributed by atoms with E-state index < -0.39 is 0 Å². The molecule has 0 aromatic heterocycles. The number of hydrogen-bond donors (Lipinski definition) is 0. The van der Waals surface area contributed by atoms with Gasteiger partial charge in [-0.3, -0.25) is 4.79 Å². The molecule has 0 spiro atoms. The van der Waals surface area contributed by atoms with E-state index in [2.05, 4.69) is 27.7 Å². The summed E-state index contributed by atoms with van der Waals surface area (Å²) in [4.78, 5) is 11.1. The van der Waals surface area contributed by atoms with Gasteiger partial charge in [0.25, 0.3) is 0 Å². The maximum Gasteiger partial charge on any atom is 0.142 e. The summed E-state index contributed by atoms with van der Waals surface area (Å²) in [6.45, 7) is 10.3. The van der Waals surface area contributed by atoms with Crippen molar-refractivity contribution >= 4 is 17.5 Å². The second-order valence-electron chi connectivity index (χ2n) is 5.37. The van der Waals surface area contributed by atoms with Crippen molar-refractivity contribution < 1.29 is 9.53 Å². The molecule has 1 aromatic carbocycles. The Labute approximate surface area is 134 Å². The van der Waals surface area contributed by atoms with E-state index >= 15 is 0 Å². The third-order valence-corrected chi connectivity index (χ3v) is 5.19. The molecule has 2 unspecified atom stereocenters. The maximum atomic E-state index is 11.1. The highest BCUT2D eigenvalue weighted by Gasteiger charge is 2.12. The average Bonchev–Trinajstić information content (AvgIpc) is 2.48. The largest absolute Gasteiger partial charge is 0.497 e. The first-order valence-electron chi connectivity index (χ1n) is 7.67. The number of carbonyl (C=O) groups is 1. The van der Waals surface area contributed by atoms with Crippen LogP contribution in [0.4, 0.5) is 0 Å². The number of ether oxygens (including phenoxy) is 1. The normalized spacial score (nSPS) is 12.9. The highest BCUT2D eigenvalue weighted by Crippen LogP contribution is 2.19. The van der Waals surface area contributed by atoms with Gasteiger partial charge in [0.2, 0.25) is 0 Å². The van der Waals surface area contributed by atoms with Crippen LogP contribution in [0.2, 0.25) is 0 Å². The van der Waals surface area contributed by atoms with Gasteiger partial charge < -0.3 is 4.74 Å². The standard InChI is InChI=1S/C10H20OS.C8H10O/c1-5-8(3)7-12-10(6-2)9(4)11;1-7-3-5-8(9-2)6-4-7/h8,10H,5-7H2,1-4H3;3-6H,1-2H3. The van der Waals surface area contributed by atoms with Gasteiger partial charge in [0.15, 0.2) is 0 Å². The van der Waals surface area contributed by atoms with Gasteiger partial charge in [-0.25, -0.2) is 0 Å². The van der Waals surface area contributed by atoms with Gasteiger partial charge in [0, 0.05) is 0 Å². The van der Waals surface area contributed by atoms with Crippen LogP contribution in [0.15, 0.2) is 24.3 Å². The van der Waals surface area contributed by atoms with Crippen LogP contribution in [-0.2, 0) is 4.79 Å². The van der Waals surface area contributed by atoms with Crippen molar-refractivity contribution in [2.75, 3.05) is 12.9 Å². The van der Waals surface area contributed by atoms with E-state index in [-0.39, 0.29) is 5.25 Å². The zero-order valence-electron chi connectivity index (χ0n) is 14.3. The molecule has 0 saturated heterocycles. The van der Waals surface area contributed by atoms with Gasteiger partial charge in [-0.05, 0) is 44.1 Å². The zero-order chi connectivity index (χ0) is 16.3. The molecule has 0 radical (unpaired) electrons. The number of rotatable bonds is 7. The lowest BCUT2D eigenvalue weighted by Crippen LogP contribution is -2.14. The molecule has 120 valence electrons. The van der Waals surface area contributed by atoms with Gasteiger partial charge in [-0.2, -0.15) is 11.8 Å². The summed E-state index contributed by atoms with van der Waals surface area (Å²) in [7, 11) is 1.67. The average molecular weight is 311 g/mol. The third-order valence-electron chi connectivity index (χ3n) is 3.36. The molecule has 0 aliphatic heterocycles. The SMILES string of the molecule is CCC(C)CSC(CC)C(C)=O.COc1ccc(C)cc1. The smallest absolute Gasteiger partial charge is 0.142 e. The van der Waals surface area contributed by atoms with Crippen molar-refractivity contribution in [2.24, 2.45) is 5.92 Å². The van der Waals surface area contributed by atoms with Crippen molar-refractivity contribution in [2.45, 2.75) is 52.7 Å². The summed E-state index contributed by atoms with van der Waals surface area (Å²) in [6, 6.07) is 7.96. The molecule has 0 N–H and O–H groups in total. The van der Waals surface area contributed by atoms with E-state index in [9.17, 15) is 4.79 Å². The second kappa shape index (κ2) is 11.7. The Morgan fingerprint density at radius 3 is 2.14 bits per heavy atom. The zero-order valence-corrected chi connectivity index (χ0v) is 15.1. The molecule has 2 nitrogen and oxygen atoms in total. The predicted molar refractivity (Wildman–Crippen MR) is 94.4 cm³/mol. The lowest BCUT2D eigenvalue weighted by atomic mass is 10.2. The first-order valence-corrected chi connectivity index (χ1v) is 8.72. The molecule has 3 heteroatoms. The van der Waals surface area contributed by atoms with E-state index in [4.69, 9.17) is 4.74 Å². The van der Waals surface area contributed by atoms with Crippen LogP contribution in [0.3, 0.4) is 0 Å². The van der Waals surface area contributed by atoms with Gasteiger partial charge in [-0.1, -0.05) is 44.9 Å². The number of benzene rings is 1. The third kappa shape index (κ3) is 9.57. The summed E-state index contributed by atoms with van der Waals surface area (Å²) >= 11 is 1.81. The molecular formula is C18H30O2S. The molecule has 0 bridgehead atoms.